The summed E-state index contributed by atoms with van der Waals surface area (Å²) in [6.07, 6.45) is 1.27. The fourth-order valence-corrected chi connectivity index (χ4v) is 2.80. The minimum Gasteiger partial charge on any atom is -0.508 e. The molecular formula is C14H22N2O. The van der Waals surface area contributed by atoms with Crippen LogP contribution in [0.25, 0.3) is 0 Å². The molecule has 0 amide bonds. The van der Waals surface area contributed by atoms with Crippen molar-refractivity contribution in [2.24, 2.45) is 5.92 Å². The highest BCUT2D eigenvalue weighted by Crippen LogP contribution is 2.31. The normalized spacial score (nSPS) is 22.8. The molecule has 1 aromatic rings. The van der Waals surface area contributed by atoms with E-state index >= 15 is 0 Å². The second-order valence-corrected chi connectivity index (χ2v) is 5.07. The van der Waals surface area contributed by atoms with E-state index in [0.717, 1.165) is 12.5 Å². The third kappa shape index (κ3) is 2.99. The van der Waals surface area contributed by atoms with E-state index in [2.05, 4.69) is 29.4 Å². The number of phenolic OH excluding ortho intramolecular Hbond substituents is 1. The molecule has 1 aliphatic heterocycles. The average molecular weight is 234 g/mol. The molecule has 17 heavy (non-hydrogen) atoms. The summed E-state index contributed by atoms with van der Waals surface area (Å²) in [6, 6.07) is 7.68. The second-order valence-electron chi connectivity index (χ2n) is 5.07. The van der Waals surface area contributed by atoms with Crippen LogP contribution < -0.4 is 5.32 Å². The zero-order chi connectivity index (χ0) is 12.3. The van der Waals surface area contributed by atoms with E-state index in [9.17, 15) is 5.11 Å². The number of benzene rings is 1. The Balaban J connectivity index is 2.13. The molecule has 1 fully saturated rings. The Kier molecular flexibility index (Phi) is 4.02. The largest absolute Gasteiger partial charge is 0.508 e. The van der Waals surface area contributed by atoms with E-state index in [1.807, 2.05) is 7.05 Å². The topological polar surface area (TPSA) is 35.5 Å². The standard InChI is InChI=1S/C14H22N2O/c1-15-9-14(12-7-8-16(2)10-12)11-3-5-13(17)6-4-11/h3-6,12,14-15,17H,7-10H2,1-2H3. The first-order valence-electron chi connectivity index (χ1n) is 6.32. The van der Waals surface area contributed by atoms with Crippen molar-refractivity contribution in [3.63, 3.8) is 0 Å². The van der Waals surface area contributed by atoms with Crippen LogP contribution in [-0.4, -0.2) is 43.7 Å². The van der Waals surface area contributed by atoms with Crippen molar-refractivity contribution in [2.45, 2.75) is 12.3 Å². The lowest BCUT2D eigenvalue weighted by Gasteiger charge is -2.24. The fraction of sp³-hybridized carbons (Fsp3) is 0.571. The Bertz CT molecular complexity index is 350. The summed E-state index contributed by atoms with van der Waals surface area (Å²) in [5.74, 6) is 1.61. The maximum atomic E-state index is 9.35. The van der Waals surface area contributed by atoms with Crippen LogP contribution in [0.5, 0.6) is 5.75 Å². The van der Waals surface area contributed by atoms with Crippen LogP contribution in [-0.2, 0) is 0 Å². The molecule has 0 bridgehead atoms. The summed E-state index contributed by atoms with van der Waals surface area (Å²) in [4.78, 5) is 2.40. The monoisotopic (exact) mass is 234 g/mol. The number of nitrogens with zero attached hydrogens (tertiary/aromatic N) is 1. The Morgan fingerprint density at radius 1 is 1.41 bits per heavy atom. The Morgan fingerprint density at radius 2 is 2.12 bits per heavy atom. The lowest BCUT2D eigenvalue weighted by atomic mass is 9.85. The fourth-order valence-electron chi connectivity index (χ4n) is 2.80. The van der Waals surface area contributed by atoms with Gasteiger partial charge in [0.15, 0.2) is 0 Å². The van der Waals surface area contributed by atoms with Gasteiger partial charge in [-0.1, -0.05) is 12.1 Å². The molecule has 2 N–H and O–H groups in total. The van der Waals surface area contributed by atoms with Crippen LogP contribution in [0, 0.1) is 5.92 Å². The third-order valence-electron chi connectivity index (χ3n) is 3.74. The number of rotatable bonds is 4. The van der Waals surface area contributed by atoms with Gasteiger partial charge < -0.3 is 15.3 Å². The third-order valence-corrected chi connectivity index (χ3v) is 3.74. The number of aromatic hydroxyl groups is 1. The molecule has 3 heteroatoms. The van der Waals surface area contributed by atoms with Gasteiger partial charge in [-0.25, -0.2) is 0 Å². The van der Waals surface area contributed by atoms with Crippen molar-refractivity contribution >= 4 is 0 Å². The number of likely N-dealkylation sites (tertiary alicyclic amines) is 1. The van der Waals surface area contributed by atoms with Crippen molar-refractivity contribution < 1.29 is 5.11 Å². The van der Waals surface area contributed by atoms with Crippen LogP contribution in [0.15, 0.2) is 24.3 Å². The van der Waals surface area contributed by atoms with E-state index in [4.69, 9.17) is 0 Å². The van der Waals surface area contributed by atoms with Crippen molar-refractivity contribution in [2.75, 3.05) is 33.7 Å². The van der Waals surface area contributed by atoms with Gasteiger partial charge in [-0.2, -0.15) is 0 Å². The highest BCUT2D eigenvalue weighted by molar-refractivity contribution is 5.29. The van der Waals surface area contributed by atoms with Gasteiger partial charge in [0, 0.05) is 19.0 Å². The molecule has 3 nitrogen and oxygen atoms in total. The number of hydrogen-bond acceptors (Lipinski definition) is 3. The van der Waals surface area contributed by atoms with E-state index < -0.39 is 0 Å². The van der Waals surface area contributed by atoms with Crippen LogP contribution in [0.2, 0.25) is 0 Å². The first-order valence-corrected chi connectivity index (χ1v) is 6.32. The molecule has 0 saturated carbocycles. The highest BCUT2D eigenvalue weighted by atomic mass is 16.3. The van der Waals surface area contributed by atoms with Gasteiger partial charge in [0.1, 0.15) is 5.75 Å². The highest BCUT2D eigenvalue weighted by Gasteiger charge is 2.28. The number of nitrogens with one attached hydrogen (secondary N) is 1. The Hall–Kier alpha value is -1.06. The molecular weight excluding hydrogens is 212 g/mol. The molecule has 0 aliphatic carbocycles. The average Bonchev–Trinajstić information content (AvgIpc) is 2.74. The first kappa shape index (κ1) is 12.4. The lowest BCUT2D eigenvalue weighted by molar-refractivity contribution is 0.365. The van der Waals surface area contributed by atoms with Gasteiger partial charge in [-0.15, -0.1) is 0 Å². The molecule has 1 aliphatic rings. The van der Waals surface area contributed by atoms with Crippen molar-refractivity contribution in [3.05, 3.63) is 29.8 Å². The molecule has 1 saturated heterocycles. The van der Waals surface area contributed by atoms with Gasteiger partial charge in [0.05, 0.1) is 0 Å². The number of likely N-dealkylation sites (N-methyl/N-ethyl adjacent to an activating group) is 1. The SMILES string of the molecule is CNCC(c1ccc(O)cc1)C1CCN(C)C1. The predicted octanol–water partition coefficient (Wildman–Crippen LogP) is 1.65. The molecule has 0 spiro atoms. The first-order chi connectivity index (χ1) is 8.20. The van der Waals surface area contributed by atoms with Gasteiger partial charge in [0.2, 0.25) is 0 Å². The molecule has 0 radical (unpaired) electrons. The smallest absolute Gasteiger partial charge is 0.115 e. The minimum absolute atomic E-state index is 0.348. The Labute approximate surface area is 103 Å². The minimum atomic E-state index is 0.348. The summed E-state index contributed by atoms with van der Waals surface area (Å²) in [5, 5.41) is 12.6. The van der Waals surface area contributed by atoms with E-state index in [-0.39, 0.29) is 0 Å². The second kappa shape index (κ2) is 5.52. The predicted molar refractivity (Wildman–Crippen MR) is 70.4 cm³/mol. The van der Waals surface area contributed by atoms with Crippen LogP contribution in [0.1, 0.15) is 17.9 Å². The summed E-state index contributed by atoms with van der Waals surface area (Å²) >= 11 is 0. The lowest BCUT2D eigenvalue weighted by Crippen LogP contribution is -2.26. The summed E-state index contributed by atoms with van der Waals surface area (Å²) < 4.78 is 0. The number of hydrogen-bond donors (Lipinski definition) is 2. The number of phenols is 1. The molecule has 1 heterocycles. The van der Waals surface area contributed by atoms with Crippen molar-refractivity contribution in [3.8, 4) is 5.75 Å². The van der Waals surface area contributed by atoms with Crippen LogP contribution in [0.3, 0.4) is 0 Å². The summed E-state index contributed by atoms with van der Waals surface area (Å²) in [6.45, 7) is 3.37. The summed E-state index contributed by atoms with van der Waals surface area (Å²) in [7, 11) is 4.19. The maximum absolute atomic E-state index is 9.35. The van der Waals surface area contributed by atoms with Gasteiger partial charge in [0.25, 0.3) is 0 Å². The zero-order valence-corrected chi connectivity index (χ0v) is 10.7. The van der Waals surface area contributed by atoms with E-state index in [1.165, 1.54) is 25.1 Å². The summed E-state index contributed by atoms with van der Waals surface area (Å²) in [5.41, 5.74) is 1.33. The molecule has 94 valence electrons. The Morgan fingerprint density at radius 3 is 2.65 bits per heavy atom. The quantitative estimate of drug-likeness (QED) is 0.831. The molecule has 0 aromatic heterocycles. The maximum Gasteiger partial charge on any atom is 0.115 e. The molecule has 2 unspecified atom stereocenters. The van der Waals surface area contributed by atoms with Crippen LogP contribution >= 0.6 is 0 Å². The molecule has 1 aromatic carbocycles. The zero-order valence-electron chi connectivity index (χ0n) is 10.7. The van der Waals surface area contributed by atoms with Crippen LogP contribution in [0.4, 0.5) is 0 Å². The van der Waals surface area contributed by atoms with Gasteiger partial charge in [-0.3, -0.25) is 0 Å². The van der Waals surface area contributed by atoms with Crippen molar-refractivity contribution in [1.29, 1.82) is 0 Å². The molecule has 2 rings (SSSR count). The van der Waals surface area contributed by atoms with Gasteiger partial charge >= 0.3 is 0 Å². The van der Waals surface area contributed by atoms with Gasteiger partial charge in [-0.05, 0) is 50.7 Å². The van der Waals surface area contributed by atoms with E-state index in [1.54, 1.807) is 12.1 Å². The van der Waals surface area contributed by atoms with E-state index in [0.29, 0.717) is 11.7 Å². The van der Waals surface area contributed by atoms with Crippen molar-refractivity contribution in [1.82, 2.24) is 10.2 Å². The molecule has 2 atom stereocenters.